The molecule has 2 aromatic carbocycles. The molecule has 3 rings (SSSR count). The second-order valence-electron chi connectivity index (χ2n) is 5.97. The molecule has 0 heterocycles. The molecule has 0 unspecified atom stereocenters. The van der Waals surface area contributed by atoms with Gasteiger partial charge < -0.3 is 15.8 Å². The van der Waals surface area contributed by atoms with Crippen molar-refractivity contribution in [2.24, 2.45) is 10.7 Å². The maximum Gasteiger partial charge on any atom is 0.193 e. The Hall–Kier alpha value is -1.76. The van der Waals surface area contributed by atoms with E-state index in [0.29, 0.717) is 18.6 Å². The van der Waals surface area contributed by atoms with E-state index in [1.807, 2.05) is 55.5 Å². The van der Waals surface area contributed by atoms with Gasteiger partial charge in [-0.15, -0.1) is 24.0 Å². The Morgan fingerprint density at radius 2 is 2.00 bits per heavy atom. The molecule has 0 saturated heterocycles. The van der Waals surface area contributed by atoms with Crippen LogP contribution in [0.2, 0.25) is 0 Å². The van der Waals surface area contributed by atoms with E-state index in [1.165, 1.54) is 12.0 Å². The minimum atomic E-state index is 0. The number of ether oxygens (including phenoxy) is 1. The summed E-state index contributed by atoms with van der Waals surface area (Å²) in [6.07, 6.45) is 3.92. The summed E-state index contributed by atoms with van der Waals surface area (Å²) < 4.78 is 6.02. The predicted octanol–water partition coefficient (Wildman–Crippen LogP) is 4.47. The molecule has 1 saturated carbocycles. The van der Waals surface area contributed by atoms with Gasteiger partial charge in [-0.05, 0) is 49.9 Å². The molecule has 0 aliphatic heterocycles. The van der Waals surface area contributed by atoms with Gasteiger partial charge in [0.2, 0.25) is 0 Å². The van der Waals surface area contributed by atoms with Crippen molar-refractivity contribution in [2.75, 3.05) is 5.32 Å². The number of benzene rings is 2. The van der Waals surface area contributed by atoms with Gasteiger partial charge in [0.25, 0.3) is 0 Å². The molecule has 2 aromatic rings. The fraction of sp³-hybridized carbons (Fsp3) is 0.316. The quantitative estimate of drug-likeness (QED) is 0.412. The lowest BCUT2D eigenvalue weighted by Gasteiger charge is -2.27. The molecule has 0 amide bonds. The molecule has 128 valence electrons. The van der Waals surface area contributed by atoms with Gasteiger partial charge in [0.1, 0.15) is 5.75 Å². The van der Waals surface area contributed by atoms with E-state index in [1.54, 1.807) is 0 Å². The number of nitrogens with two attached hydrogens (primary N) is 1. The predicted molar refractivity (Wildman–Crippen MR) is 110 cm³/mol. The first kappa shape index (κ1) is 18.6. The van der Waals surface area contributed by atoms with Gasteiger partial charge in [-0.1, -0.05) is 30.3 Å². The minimum Gasteiger partial charge on any atom is -0.490 e. The summed E-state index contributed by atoms with van der Waals surface area (Å²) in [6, 6.07) is 16.1. The number of guanidine groups is 1. The van der Waals surface area contributed by atoms with Crippen molar-refractivity contribution in [1.29, 1.82) is 0 Å². The minimum absolute atomic E-state index is 0. The van der Waals surface area contributed by atoms with Gasteiger partial charge in [-0.3, -0.25) is 0 Å². The van der Waals surface area contributed by atoms with E-state index in [2.05, 4.69) is 10.3 Å². The van der Waals surface area contributed by atoms with Crippen molar-refractivity contribution in [2.45, 2.75) is 38.8 Å². The Bertz CT molecular complexity index is 699. The highest BCUT2D eigenvalue weighted by molar-refractivity contribution is 14.0. The van der Waals surface area contributed by atoms with Crippen LogP contribution in [-0.4, -0.2) is 12.1 Å². The second-order valence-corrected chi connectivity index (χ2v) is 5.97. The summed E-state index contributed by atoms with van der Waals surface area (Å²) in [6.45, 7) is 2.56. The largest absolute Gasteiger partial charge is 0.490 e. The smallest absolute Gasteiger partial charge is 0.193 e. The summed E-state index contributed by atoms with van der Waals surface area (Å²) in [4.78, 5) is 4.43. The SMILES string of the molecule is Cc1cccc(NC(N)=NCc2ccccc2OC2CCC2)c1.I. The van der Waals surface area contributed by atoms with E-state index in [-0.39, 0.29) is 24.0 Å². The average Bonchev–Trinajstić information content (AvgIpc) is 2.50. The summed E-state index contributed by atoms with van der Waals surface area (Å²) in [5.41, 5.74) is 9.19. The van der Waals surface area contributed by atoms with Crippen LogP contribution in [0.1, 0.15) is 30.4 Å². The van der Waals surface area contributed by atoms with E-state index in [4.69, 9.17) is 10.5 Å². The van der Waals surface area contributed by atoms with Crippen LogP contribution in [0.15, 0.2) is 53.5 Å². The van der Waals surface area contributed by atoms with Crippen LogP contribution in [0.3, 0.4) is 0 Å². The zero-order valence-electron chi connectivity index (χ0n) is 13.9. The van der Waals surface area contributed by atoms with Gasteiger partial charge in [0.05, 0.1) is 12.6 Å². The Kier molecular flexibility index (Phi) is 6.90. The third-order valence-corrected chi connectivity index (χ3v) is 4.03. The number of aryl methyl sites for hydroxylation is 1. The second kappa shape index (κ2) is 8.92. The molecule has 5 heteroatoms. The number of nitrogens with zero attached hydrogens (tertiary/aromatic N) is 1. The molecular weight excluding hydrogens is 413 g/mol. The normalized spacial score (nSPS) is 14.5. The van der Waals surface area contributed by atoms with Crippen molar-refractivity contribution in [1.82, 2.24) is 0 Å². The number of aliphatic imine (C=N–C) groups is 1. The van der Waals surface area contributed by atoms with Crippen LogP contribution in [-0.2, 0) is 6.54 Å². The first-order valence-corrected chi connectivity index (χ1v) is 8.09. The number of para-hydroxylation sites is 1. The third-order valence-electron chi connectivity index (χ3n) is 4.03. The van der Waals surface area contributed by atoms with Crippen molar-refractivity contribution in [3.8, 4) is 5.75 Å². The number of rotatable bonds is 5. The van der Waals surface area contributed by atoms with Gasteiger partial charge in [0.15, 0.2) is 5.96 Å². The molecule has 24 heavy (non-hydrogen) atoms. The highest BCUT2D eigenvalue weighted by atomic mass is 127. The van der Waals surface area contributed by atoms with Crippen molar-refractivity contribution in [3.63, 3.8) is 0 Å². The van der Waals surface area contributed by atoms with Crippen LogP contribution in [0, 0.1) is 6.92 Å². The number of hydrogen-bond acceptors (Lipinski definition) is 2. The highest BCUT2D eigenvalue weighted by Crippen LogP contribution is 2.27. The fourth-order valence-corrected chi connectivity index (χ4v) is 2.50. The highest BCUT2D eigenvalue weighted by Gasteiger charge is 2.19. The van der Waals surface area contributed by atoms with Crippen molar-refractivity contribution >= 4 is 35.6 Å². The molecule has 0 atom stereocenters. The van der Waals surface area contributed by atoms with Crippen LogP contribution in [0.5, 0.6) is 5.75 Å². The third kappa shape index (κ3) is 5.12. The first-order valence-electron chi connectivity index (χ1n) is 8.09. The van der Waals surface area contributed by atoms with Gasteiger partial charge in [-0.2, -0.15) is 0 Å². The number of halogens is 1. The van der Waals surface area contributed by atoms with Crippen molar-refractivity contribution in [3.05, 3.63) is 59.7 Å². The molecule has 1 aliphatic carbocycles. The lowest BCUT2D eigenvalue weighted by atomic mass is 9.96. The average molecular weight is 437 g/mol. The molecule has 0 bridgehead atoms. The Morgan fingerprint density at radius 3 is 2.71 bits per heavy atom. The summed E-state index contributed by atoms with van der Waals surface area (Å²) in [5.74, 6) is 1.33. The zero-order chi connectivity index (χ0) is 16.1. The molecule has 4 nitrogen and oxygen atoms in total. The van der Waals surface area contributed by atoms with Crippen LogP contribution in [0.25, 0.3) is 0 Å². The van der Waals surface area contributed by atoms with Crippen LogP contribution >= 0.6 is 24.0 Å². The topological polar surface area (TPSA) is 59.6 Å². The first-order chi connectivity index (χ1) is 11.2. The zero-order valence-corrected chi connectivity index (χ0v) is 16.2. The standard InChI is InChI=1S/C19H23N3O.HI/c1-14-6-4-8-16(12-14)22-19(20)21-13-15-7-2-3-11-18(15)23-17-9-5-10-17;/h2-4,6-8,11-12,17H,5,9-10,13H2,1H3,(H3,20,21,22);1H. The van der Waals surface area contributed by atoms with Gasteiger partial charge in [0, 0.05) is 11.3 Å². The Labute approximate surface area is 160 Å². The van der Waals surface area contributed by atoms with Crippen molar-refractivity contribution < 1.29 is 4.74 Å². The monoisotopic (exact) mass is 437 g/mol. The molecular formula is C19H24IN3O. The molecule has 1 fully saturated rings. The van der Waals surface area contributed by atoms with E-state index in [0.717, 1.165) is 29.8 Å². The van der Waals surface area contributed by atoms with E-state index in [9.17, 15) is 0 Å². The van der Waals surface area contributed by atoms with E-state index < -0.39 is 0 Å². The molecule has 3 N–H and O–H groups in total. The molecule has 0 spiro atoms. The number of anilines is 1. The van der Waals surface area contributed by atoms with E-state index >= 15 is 0 Å². The lowest BCUT2D eigenvalue weighted by Crippen LogP contribution is -2.25. The fourth-order valence-electron chi connectivity index (χ4n) is 2.50. The number of hydrogen-bond donors (Lipinski definition) is 2. The molecule has 0 radical (unpaired) electrons. The lowest BCUT2D eigenvalue weighted by molar-refractivity contribution is 0.119. The summed E-state index contributed by atoms with van der Waals surface area (Å²) >= 11 is 0. The van der Waals surface area contributed by atoms with Crippen LogP contribution in [0.4, 0.5) is 5.69 Å². The Morgan fingerprint density at radius 1 is 1.21 bits per heavy atom. The van der Waals surface area contributed by atoms with Gasteiger partial charge in [-0.25, -0.2) is 4.99 Å². The summed E-state index contributed by atoms with van der Waals surface area (Å²) in [7, 11) is 0. The maximum absolute atomic E-state index is 6.02. The van der Waals surface area contributed by atoms with Crippen LogP contribution < -0.4 is 15.8 Å². The van der Waals surface area contributed by atoms with Gasteiger partial charge >= 0.3 is 0 Å². The summed E-state index contributed by atoms with van der Waals surface area (Å²) in [5, 5.41) is 3.12. The molecule has 1 aliphatic rings. The number of nitrogens with one attached hydrogen (secondary N) is 1. The Balaban J connectivity index is 0.00000208. The molecule has 0 aromatic heterocycles. The maximum atomic E-state index is 6.02.